The van der Waals surface area contributed by atoms with Gasteiger partial charge in [0.1, 0.15) is 5.01 Å². The fraction of sp³-hybridized carbons (Fsp3) is 0.190. The standard InChI is InChI=1S/C21H20ClN3O2S/c1-2-10-23-20(27)17-9-8-15(22)11-18(17)25-19(26)12-16-13-28-21(24-16)14-6-4-3-5-7-14/h3-9,11,13H,2,10,12H2,1H3,(H,23,27)(H,25,26). The molecule has 2 amide bonds. The summed E-state index contributed by atoms with van der Waals surface area (Å²) in [6, 6.07) is 14.6. The van der Waals surface area contributed by atoms with Gasteiger partial charge in [-0.15, -0.1) is 11.3 Å². The number of carbonyl (C=O) groups is 2. The Hall–Kier alpha value is -2.70. The highest BCUT2D eigenvalue weighted by Gasteiger charge is 2.15. The first-order valence-electron chi connectivity index (χ1n) is 8.94. The molecular formula is C21H20ClN3O2S. The van der Waals surface area contributed by atoms with E-state index in [0.717, 1.165) is 17.0 Å². The molecule has 1 heterocycles. The van der Waals surface area contributed by atoms with Gasteiger partial charge in [0.2, 0.25) is 5.91 Å². The lowest BCUT2D eigenvalue weighted by molar-refractivity contribution is -0.115. The van der Waals surface area contributed by atoms with E-state index < -0.39 is 0 Å². The highest BCUT2D eigenvalue weighted by atomic mass is 35.5. The number of anilines is 1. The van der Waals surface area contributed by atoms with Crippen LogP contribution in [-0.4, -0.2) is 23.3 Å². The first-order chi connectivity index (χ1) is 13.6. The zero-order chi connectivity index (χ0) is 19.9. The van der Waals surface area contributed by atoms with Gasteiger partial charge in [-0.3, -0.25) is 9.59 Å². The number of amides is 2. The number of nitrogens with one attached hydrogen (secondary N) is 2. The molecule has 2 aromatic carbocycles. The van der Waals surface area contributed by atoms with Crippen LogP contribution in [0.2, 0.25) is 5.02 Å². The molecule has 0 aliphatic rings. The van der Waals surface area contributed by atoms with Crippen molar-refractivity contribution in [2.24, 2.45) is 0 Å². The number of carbonyl (C=O) groups excluding carboxylic acids is 2. The summed E-state index contributed by atoms with van der Waals surface area (Å²) in [5, 5.41) is 8.78. The third kappa shape index (κ3) is 5.18. The van der Waals surface area contributed by atoms with E-state index in [-0.39, 0.29) is 18.2 Å². The van der Waals surface area contributed by atoms with Crippen molar-refractivity contribution in [2.45, 2.75) is 19.8 Å². The Balaban J connectivity index is 1.71. The maximum Gasteiger partial charge on any atom is 0.253 e. The van der Waals surface area contributed by atoms with Gasteiger partial charge in [0.25, 0.3) is 5.91 Å². The van der Waals surface area contributed by atoms with E-state index in [0.29, 0.717) is 28.5 Å². The molecule has 0 bridgehead atoms. The molecule has 144 valence electrons. The molecule has 0 saturated heterocycles. The Morgan fingerprint density at radius 2 is 1.93 bits per heavy atom. The van der Waals surface area contributed by atoms with Crippen LogP contribution < -0.4 is 10.6 Å². The predicted molar refractivity (Wildman–Crippen MR) is 114 cm³/mol. The topological polar surface area (TPSA) is 71.1 Å². The maximum atomic E-state index is 12.5. The fourth-order valence-corrected chi connectivity index (χ4v) is 3.61. The predicted octanol–water partition coefficient (Wildman–Crippen LogP) is 4.78. The van der Waals surface area contributed by atoms with E-state index in [4.69, 9.17) is 11.6 Å². The summed E-state index contributed by atoms with van der Waals surface area (Å²) in [6.45, 7) is 2.54. The maximum absolute atomic E-state index is 12.5. The van der Waals surface area contributed by atoms with Crippen molar-refractivity contribution in [3.05, 3.63) is 70.2 Å². The van der Waals surface area contributed by atoms with E-state index in [9.17, 15) is 9.59 Å². The molecule has 28 heavy (non-hydrogen) atoms. The van der Waals surface area contributed by atoms with E-state index in [1.165, 1.54) is 11.3 Å². The van der Waals surface area contributed by atoms with Gasteiger partial charge in [-0.05, 0) is 24.6 Å². The van der Waals surface area contributed by atoms with Crippen LogP contribution in [0, 0.1) is 0 Å². The summed E-state index contributed by atoms with van der Waals surface area (Å²) in [5.41, 5.74) is 2.48. The second-order valence-corrected chi connectivity index (χ2v) is 7.48. The third-order valence-electron chi connectivity index (χ3n) is 3.95. The van der Waals surface area contributed by atoms with Gasteiger partial charge < -0.3 is 10.6 Å². The Kier molecular flexibility index (Phi) is 6.79. The lowest BCUT2D eigenvalue weighted by atomic mass is 10.1. The number of thiazole rings is 1. The molecule has 0 saturated carbocycles. The highest BCUT2D eigenvalue weighted by molar-refractivity contribution is 7.13. The van der Waals surface area contributed by atoms with Crippen molar-refractivity contribution in [3.8, 4) is 10.6 Å². The van der Waals surface area contributed by atoms with Gasteiger partial charge in [0.05, 0.1) is 23.4 Å². The Bertz CT molecular complexity index is 973. The number of halogens is 1. The molecule has 0 fully saturated rings. The average molecular weight is 414 g/mol. The smallest absolute Gasteiger partial charge is 0.253 e. The zero-order valence-corrected chi connectivity index (χ0v) is 16.9. The van der Waals surface area contributed by atoms with Gasteiger partial charge in [0.15, 0.2) is 0 Å². The summed E-state index contributed by atoms with van der Waals surface area (Å²) in [6.07, 6.45) is 0.945. The fourth-order valence-electron chi connectivity index (χ4n) is 2.61. The molecule has 0 atom stereocenters. The second-order valence-electron chi connectivity index (χ2n) is 6.18. The molecule has 0 spiro atoms. The molecular weight excluding hydrogens is 394 g/mol. The van der Waals surface area contributed by atoms with Gasteiger partial charge in [0, 0.05) is 22.5 Å². The molecule has 7 heteroatoms. The Morgan fingerprint density at radius 3 is 2.68 bits per heavy atom. The molecule has 1 aromatic heterocycles. The molecule has 3 aromatic rings. The largest absolute Gasteiger partial charge is 0.352 e. The molecule has 0 radical (unpaired) electrons. The number of aromatic nitrogens is 1. The van der Waals surface area contributed by atoms with Gasteiger partial charge in [-0.1, -0.05) is 48.9 Å². The number of rotatable bonds is 7. The minimum Gasteiger partial charge on any atom is -0.352 e. The molecule has 3 rings (SSSR count). The van der Waals surface area contributed by atoms with Crippen LogP contribution in [0.1, 0.15) is 29.4 Å². The van der Waals surface area contributed by atoms with E-state index in [2.05, 4.69) is 15.6 Å². The number of benzene rings is 2. The van der Waals surface area contributed by atoms with Crippen LogP contribution in [0.4, 0.5) is 5.69 Å². The molecule has 0 aliphatic carbocycles. The Labute approximate surface area is 172 Å². The Morgan fingerprint density at radius 1 is 1.14 bits per heavy atom. The van der Waals surface area contributed by atoms with Crippen LogP contribution in [-0.2, 0) is 11.2 Å². The summed E-state index contributed by atoms with van der Waals surface area (Å²) >= 11 is 7.54. The minimum atomic E-state index is -0.253. The van der Waals surface area contributed by atoms with Gasteiger partial charge in [-0.25, -0.2) is 4.98 Å². The molecule has 0 aliphatic heterocycles. The second kappa shape index (κ2) is 9.48. The lowest BCUT2D eigenvalue weighted by Gasteiger charge is -2.11. The summed E-state index contributed by atoms with van der Waals surface area (Å²) in [5.74, 6) is -0.495. The minimum absolute atomic E-state index is 0.117. The van der Waals surface area contributed by atoms with Crippen LogP contribution in [0.3, 0.4) is 0 Å². The highest BCUT2D eigenvalue weighted by Crippen LogP contribution is 2.24. The van der Waals surface area contributed by atoms with Crippen LogP contribution in [0.15, 0.2) is 53.9 Å². The number of hydrogen-bond donors (Lipinski definition) is 2. The van der Waals surface area contributed by atoms with Crippen molar-refractivity contribution in [1.29, 1.82) is 0 Å². The van der Waals surface area contributed by atoms with E-state index in [1.54, 1.807) is 18.2 Å². The molecule has 5 nitrogen and oxygen atoms in total. The summed E-state index contributed by atoms with van der Waals surface area (Å²) in [4.78, 5) is 29.4. The zero-order valence-electron chi connectivity index (χ0n) is 15.4. The van der Waals surface area contributed by atoms with E-state index in [1.807, 2.05) is 42.6 Å². The van der Waals surface area contributed by atoms with Crippen molar-refractivity contribution < 1.29 is 9.59 Å². The molecule has 2 N–H and O–H groups in total. The lowest BCUT2D eigenvalue weighted by Crippen LogP contribution is -2.26. The van der Waals surface area contributed by atoms with Crippen LogP contribution in [0.5, 0.6) is 0 Å². The van der Waals surface area contributed by atoms with Gasteiger partial charge in [-0.2, -0.15) is 0 Å². The van der Waals surface area contributed by atoms with E-state index >= 15 is 0 Å². The first kappa shape index (κ1) is 20.0. The number of hydrogen-bond acceptors (Lipinski definition) is 4. The first-order valence-corrected chi connectivity index (χ1v) is 10.2. The summed E-state index contributed by atoms with van der Waals surface area (Å²) < 4.78 is 0. The van der Waals surface area contributed by atoms with Crippen molar-refractivity contribution in [2.75, 3.05) is 11.9 Å². The average Bonchev–Trinajstić information content (AvgIpc) is 3.15. The summed E-state index contributed by atoms with van der Waals surface area (Å²) in [7, 11) is 0. The normalized spacial score (nSPS) is 10.5. The van der Waals surface area contributed by atoms with Crippen LogP contribution in [0.25, 0.3) is 10.6 Å². The quantitative estimate of drug-likeness (QED) is 0.585. The van der Waals surface area contributed by atoms with Crippen LogP contribution >= 0.6 is 22.9 Å². The monoisotopic (exact) mass is 413 g/mol. The van der Waals surface area contributed by atoms with Gasteiger partial charge >= 0.3 is 0 Å². The van der Waals surface area contributed by atoms with Crippen molar-refractivity contribution in [3.63, 3.8) is 0 Å². The SMILES string of the molecule is CCCNC(=O)c1ccc(Cl)cc1NC(=O)Cc1csc(-c2ccccc2)n1. The van der Waals surface area contributed by atoms with Crippen molar-refractivity contribution >= 4 is 40.4 Å². The molecule has 0 unspecified atom stereocenters. The number of nitrogens with zero attached hydrogens (tertiary/aromatic N) is 1. The third-order valence-corrected chi connectivity index (χ3v) is 5.13. The van der Waals surface area contributed by atoms with Crippen molar-refractivity contribution in [1.82, 2.24) is 10.3 Å².